The molecule has 168 valence electrons. The van der Waals surface area contributed by atoms with Crippen LogP contribution < -0.4 is 21.3 Å². The number of aromatic nitrogens is 1. The van der Waals surface area contributed by atoms with Gasteiger partial charge in [-0.25, -0.2) is 9.78 Å². The van der Waals surface area contributed by atoms with Gasteiger partial charge in [0.1, 0.15) is 12.2 Å². The Hall–Kier alpha value is -4.11. The topological polar surface area (TPSA) is 138 Å². The highest BCUT2D eigenvalue weighted by Crippen LogP contribution is 2.47. The zero-order chi connectivity index (χ0) is 23.7. The summed E-state index contributed by atoms with van der Waals surface area (Å²) in [5, 5.41) is 16.2. The zero-order valence-electron chi connectivity index (χ0n) is 17.4. The maximum absolute atomic E-state index is 12.8. The molecule has 0 spiro atoms. The monoisotopic (exact) mass is 465 g/mol. The third-order valence-electron chi connectivity index (χ3n) is 5.24. The third-order valence-corrected chi connectivity index (χ3v) is 5.50. The van der Waals surface area contributed by atoms with Crippen molar-refractivity contribution in [2.45, 2.75) is 19.1 Å². The molecule has 1 aliphatic rings. The van der Waals surface area contributed by atoms with Gasteiger partial charge < -0.3 is 26.4 Å². The summed E-state index contributed by atoms with van der Waals surface area (Å²) in [6, 6.07) is 13.9. The van der Waals surface area contributed by atoms with Gasteiger partial charge in [-0.1, -0.05) is 35.9 Å². The highest BCUT2D eigenvalue weighted by atomic mass is 35.5. The Balaban J connectivity index is 1.87. The summed E-state index contributed by atoms with van der Waals surface area (Å²) in [6.07, 6.45) is 0.747. The number of amides is 2. The fraction of sp³-hybridized carbons (Fsp3) is 0.130. The number of nitrogens with two attached hydrogens (primary N) is 1. The molecular formula is C23H20ClN5O4. The fourth-order valence-corrected chi connectivity index (χ4v) is 4.03. The van der Waals surface area contributed by atoms with Gasteiger partial charge in [0, 0.05) is 23.8 Å². The van der Waals surface area contributed by atoms with Gasteiger partial charge in [0.25, 0.3) is 0 Å². The van der Waals surface area contributed by atoms with E-state index in [4.69, 9.17) is 17.3 Å². The molecule has 2 heterocycles. The van der Waals surface area contributed by atoms with Crippen LogP contribution in [0.25, 0.3) is 0 Å². The lowest BCUT2D eigenvalue weighted by Gasteiger charge is -2.34. The summed E-state index contributed by atoms with van der Waals surface area (Å²) in [4.78, 5) is 42.0. The first-order valence-electron chi connectivity index (χ1n) is 9.95. The minimum Gasteiger partial charge on any atom is -0.478 e. The summed E-state index contributed by atoms with van der Waals surface area (Å²) < 4.78 is 0. The molecule has 0 saturated carbocycles. The minimum absolute atomic E-state index is 0.0231. The molecule has 2 amide bonds. The first-order valence-corrected chi connectivity index (χ1v) is 10.3. The molecule has 0 aliphatic carbocycles. The highest BCUT2D eigenvalue weighted by molar-refractivity contribution is 6.30. The minimum atomic E-state index is -1.17. The number of hydrogen-bond donors (Lipinski definition) is 4. The van der Waals surface area contributed by atoms with E-state index in [0.29, 0.717) is 22.1 Å². The summed E-state index contributed by atoms with van der Waals surface area (Å²) in [7, 11) is 0. The number of carbonyl (C=O) groups is 3. The van der Waals surface area contributed by atoms with Gasteiger partial charge >= 0.3 is 5.97 Å². The SMILES string of the molecule is CC(=O)Nc1ccc(C(C(N)=O)N2c3c(C(=O)O)ccnc3NC2c2ccc(Cl)cc2)cc1. The molecule has 5 N–H and O–H groups in total. The van der Waals surface area contributed by atoms with Crippen LogP contribution in [0.15, 0.2) is 60.8 Å². The number of nitrogens with zero attached hydrogens (tertiary/aromatic N) is 2. The van der Waals surface area contributed by atoms with Crippen LogP contribution in [0.4, 0.5) is 17.2 Å². The quantitative estimate of drug-likeness (QED) is 0.436. The lowest BCUT2D eigenvalue weighted by molar-refractivity contribution is -0.119. The van der Waals surface area contributed by atoms with E-state index >= 15 is 0 Å². The first-order chi connectivity index (χ1) is 15.8. The summed E-state index contributed by atoms with van der Waals surface area (Å²) in [6.45, 7) is 1.39. The summed E-state index contributed by atoms with van der Waals surface area (Å²) in [5.41, 5.74) is 7.88. The van der Waals surface area contributed by atoms with Crippen molar-refractivity contribution in [3.05, 3.63) is 82.5 Å². The Bertz CT molecular complexity index is 1230. The third kappa shape index (κ3) is 4.31. The standard InChI is InChI=1S/C23H20ClN5O4/c1-12(30)27-16-8-4-13(5-9-16)18(20(25)31)29-19-17(23(32)33)10-11-26-21(19)28-22(29)14-2-6-15(24)7-3-14/h2-11,18,22H,1H3,(H2,25,31)(H,26,28)(H,27,30)(H,32,33). The van der Waals surface area contributed by atoms with Gasteiger partial charge in [0.05, 0.1) is 11.3 Å². The van der Waals surface area contributed by atoms with E-state index in [-0.39, 0.29) is 17.2 Å². The van der Waals surface area contributed by atoms with Gasteiger partial charge in [-0.3, -0.25) is 9.59 Å². The summed E-state index contributed by atoms with van der Waals surface area (Å²) in [5.74, 6) is -1.76. The number of carboxylic acids is 1. The molecule has 10 heteroatoms. The van der Waals surface area contributed by atoms with E-state index in [1.54, 1.807) is 53.4 Å². The predicted octanol–water partition coefficient (Wildman–Crippen LogP) is 3.55. The molecule has 9 nitrogen and oxygen atoms in total. The molecule has 2 unspecified atom stereocenters. The van der Waals surface area contributed by atoms with Crippen LogP contribution in [0.2, 0.25) is 5.02 Å². The van der Waals surface area contributed by atoms with Crippen LogP contribution in [-0.2, 0) is 9.59 Å². The number of carboxylic acid groups (broad SMARTS) is 1. The zero-order valence-corrected chi connectivity index (χ0v) is 18.2. The Morgan fingerprint density at radius 3 is 2.36 bits per heavy atom. The number of halogens is 1. The van der Waals surface area contributed by atoms with Crippen molar-refractivity contribution < 1.29 is 19.5 Å². The van der Waals surface area contributed by atoms with E-state index in [9.17, 15) is 19.5 Å². The number of hydrogen-bond acceptors (Lipinski definition) is 6. The van der Waals surface area contributed by atoms with Gasteiger partial charge in [-0.2, -0.15) is 0 Å². The van der Waals surface area contributed by atoms with E-state index in [1.165, 1.54) is 19.2 Å². The predicted molar refractivity (Wildman–Crippen MR) is 124 cm³/mol. The Kier molecular flexibility index (Phi) is 5.89. The second-order valence-electron chi connectivity index (χ2n) is 7.47. The molecule has 33 heavy (non-hydrogen) atoms. The van der Waals surface area contributed by atoms with E-state index in [2.05, 4.69) is 15.6 Å². The van der Waals surface area contributed by atoms with Crippen molar-refractivity contribution in [3.63, 3.8) is 0 Å². The van der Waals surface area contributed by atoms with Crippen molar-refractivity contribution in [1.29, 1.82) is 0 Å². The smallest absolute Gasteiger partial charge is 0.338 e. The lowest BCUT2D eigenvalue weighted by atomic mass is 10.0. The molecular weight excluding hydrogens is 446 g/mol. The molecule has 0 radical (unpaired) electrons. The molecule has 0 bridgehead atoms. The Morgan fingerprint density at radius 1 is 1.12 bits per heavy atom. The number of benzene rings is 2. The number of rotatable bonds is 6. The van der Waals surface area contributed by atoms with Crippen LogP contribution in [0.5, 0.6) is 0 Å². The largest absolute Gasteiger partial charge is 0.478 e. The lowest BCUT2D eigenvalue weighted by Crippen LogP contribution is -2.40. The maximum atomic E-state index is 12.8. The fourth-order valence-electron chi connectivity index (χ4n) is 3.90. The van der Waals surface area contributed by atoms with E-state index in [1.807, 2.05) is 0 Å². The first kappa shape index (κ1) is 22.1. The number of aromatic carboxylic acids is 1. The normalized spacial score (nSPS) is 15.3. The molecule has 1 aliphatic heterocycles. The van der Waals surface area contributed by atoms with Crippen molar-refractivity contribution in [1.82, 2.24) is 4.98 Å². The van der Waals surface area contributed by atoms with Gasteiger partial charge in [-0.15, -0.1) is 0 Å². The molecule has 1 aromatic heterocycles. The molecule has 0 saturated heterocycles. The second kappa shape index (κ2) is 8.79. The molecule has 3 aromatic rings. The van der Waals surface area contributed by atoms with E-state index in [0.717, 1.165) is 5.56 Å². The van der Waals surface area contributed by atoms with Crippen LogP contribution >= 0.6 is 11.6 Å². The van der Waals surface area contributed by atoms with Crippen LogP contribution in [0.1, 0.15) is 40.6 Å². The number of anilines is 3. The number of pyridine rings is 1. The number of carbonyl (C=O) groups excluding carboxylic acids is 2. The van der Waals surface area contributed by atoms with Crippen molar-refractivity contribution in [3.8, 4) is 0 Å². The number of fused-ring (bicyclic) bond motifs is 1. The Morgan fingerprint density at radius 2 is 1.79 bits per heavy atom. The van der Waals surface area contributed by atoms with Crippen LogP contribution in [0, 0.1) is 0 Å². The molecule has 2 atom stereocenters. The van der Waals surface area contributed by atoms with Crippen molar-refractivity contribution in [2.24, 2.45) is 5.73 Å². The summed E-state index contributed by atoms with van der Waals surface area (Å²) >= 11 is 6.04. The second-order valence-corrected chi connectivity index (χ2v) is 7.91. The van der Waals surface area contributed by atoms with Gasteiger partial charge in [0.2, 0.25) is 11.8 Å². The average molecular weight is 466 g/mol. The maximum Gasteiger partial charge on any atom is 0.338 e. The molecule has 0 fully saturated rings. The number of nitrogens with one attached hydrogen (secondary N) is 2. The average Bonchev–Trinajstić information content (AvgIpc) is 3.14. The van der Waals surface area contributed by atoms with E-state index < -0.39 is 24.1 Å². The number of primary amides is 1. The Labute approximate surface area is 194 Å². The van der Waals surface area contributed by atoms with Crippen LogP contribution in [-0.4, -0.2) is 27.9 Å². The van der Waals surface area contributed by atoms with Crippen LogP contribution in [0.3, 0.4) is 0 Å². The molecule has 4 rings (SSSR count). The molecule has 2 aromatic carbocycles. The van der Waals surface area contributed by atoms with Gasteiger partial charge in [-0.05, 0) is 41.5 Å². The van der Waals surface area contributed by atoms with Crippen molar-refractivity contribution in [2.75, 3.05) is 15.5 Å². The van der Waals surface area contributed by atoms with Crippen molar-refractivity contribution >= 4 is 46.6 Å². The van der Waals surface area contributed by atoms with Gasteiger partial charge in [0.15, 0.2) is 5.82 Å². The highest BCUT2D eigenvalue weighted by Gasteiger charge is 2.41.